The lowest BCUT2D eigenvalue weighted by Gasteiger charge is -2.17. The molecule has 0 atom stereocenters. The number of halogens is 1. The fourth-order valence-corrected chi connectivity index (χ4v) is 4.86. The smallest absolute Gasteiger partial charge is 0.272 e. The first kappa shape index (κ1) is 21.0. The summed E-state index contributed by atoms with van der Waals surface area (Å²) in [4.78, 5) is 26.5. The van der Waals surface area contributed by atoms with Gasteiger partial charge in [0.25, 0.3) is 21.5 Å². The van der Waals surface area contributed by atoms with Crippen molar-refractivity contribution in [2.45, 2.75) is 19.5 Å². The van der Waals surface area contributed by atoms with Crippen molar-refractivity contribution < 1.29 is 17.6 Å². The van der Waals surface area contributed by atoms with E-state index in [1.54, 1.807) is 30.3 Å². The number of rotatable bonds is 4. The van der Waals surface area contributed by atoms with Crippen LogP contribution in [0.15, 0.2) is 53.5 Å². The lowest BCUT2D eigenvalue weighted by Crippen LogP contribution is -2.28. The van der Waals surface area contributed by atoms with Crippen LogP contribution >= 0.6 is 0 Å². The largest absolute Gasteiger partial charge is 0.328 e. The molecule has 1 aliphatic rings. The Morgan fingerprint density at radius 3 is 2.67 bits per heavy atom. The quantitative estimate of drug-likeness (QED) is 0.489. The van der Waals surface area contributed by atoms with Gasteiger partial charge in [0.05, 0.1) is 41.3 Å². The highest BCUT2D eigenvalue weighted by Gasteiger charge is 2.31. The van der Waals surface area contributed by atoms with Gasteiger partial charge in [-0.2, -0.15) is 14.3 Å². The molecule has 0 saturated heterocycles. The zero-order valence-electron chi connectivity index (χ0n) is 17.4. The second-order valence-electron chi connectivity index (χ2n) is 7.92. The van der Waals surface area contributed by atoms with Crippen LogP contribution in [0.4, 0.5) is 4.39 Å². The van der Waals surface area contributed by atoms with Gasteiger partial charge >= 0.3 is 0 Å². The number of aromatic amines is 1. The molecule has 0 spiro atoms. The van der Waals surface area contributed by atoms with Crippen molar-refractivity contribution >= 4 is 26.7 Å². The topological polar surface area (TPSA) is 118 Å². The minimum absolute atomic E-state index is 0.0109. The van der Waals surface area contributed by atoms with Crippen molar-refractivity contribution in [3.05, 3.63) is 92.9 Å². The van der Waals surface area contributed by atoms with E-state index in [2.05, 4.69) is 15.3 Å². The van der Waals surface area contributed by atoms with E-state index in [1.165, 1.54) is 23.2 Å². The Kier molecular flexibility index (Phi) is 4.85. The Morgan fingerprint density at radius 1 is 1.15 bits per heavy atom. The number of aromatic nitrogens is 4. The number of fused-ring (bicyclic) bond motifs is 2. The Labute approximate surface area is 187 Å². The molecule has 2 aromatic carbocycles. The van der Waals surface area contributed by atoms with Gasteiger partial charge in [0, 0.05) is 23.9 Å². The third-order valence-electron chi connectivity index (χ3n) is 5.63. The maximum absolute atomic E-state index is 14.6. The van der Waals surface area contributed by atoms with E-state index in [0.29, 0.717) is 33.3 Å². The fourth-order valence-electron chi connectivity index (χ4n) is 4.07. The third-order valence-corrected chi connectivity index (χ3v) is 6.57. The minimum Gasteiger partial charge on any atom is -0.328 e. The first-order valence-corrected chi connectivity index (χ1v) is 11.9. The predicted molar refractivity (Wildman–Crippen MR) is 118 cm³/mol. The molecule has 0 bridgehead atoms. The number of hydrogen-bond acceptors (Lipinski definition) is 6. The van der Waals surface area contributed by atoms with E-state index in [4.69, 9.17) is 0 Å². The maximum Gasteiger partial charge on any atom is 0.272 e. The first-order chi connectivity index (χ1) is 15.7. The van der Waals surface area contributed by atoms with Gasteiger partial charge in [-0.05, 0) is 23.8 Å². The van der Waals surface area contributed by atoms with Crippen LogP contribution in [0.3, 0.4) is 0 Å². The molecule has 9 nitrogen and oxygen atoms in total. The average Bonchev–Trinajstić information content (AvgIpc) is 3.37. The van der Waals surface area contributed by atoms with Crippen molar-refractivity contribution in [1.82, 2.24) is 24.3 Å². The molecule has 33 heavy (non-hydrogen) atoms. The van der Waals surface area contributed by atoms with E-state index < -0.39 is 21.7 Å². The van der Waals surface area contributed by atoms with Crippen LogP contribution in [0.5, 0.6) is 0 Å². The summed E-state index contributed by atoms with van der Waals surface area (Å²) in [5.41, 5.74) is 1.82. The van der Waals surface area contributed by atoms with Crippen LogP contribution in [0, 0.1) is 5.82 Å². The summed E-state index contributed by atoms with van der Waals surface area (Å²) in [6, 6.07) is 11.3. The minimum atomic E-state index is -3.61. The number of benzene rings is 2. The van der Waals surface area contributed by atoms with Crippen LogP contribution in [0.1, 0.15) is 32.9 Å². The highest BCUT2D eigenvalue weighted by Crippen LogP contribution is 2.26. The number of carbonyl (C=O) groups is 1. The number of H-pyrrole nitrogens is 1. The lowest BCUT2D eigenvalue weighted by atomic mass is 10.0. The van der Waals surface area contributed by atoms with E-state index in [9.17, 15) is 22.4 Å². The van der Waals surface area contributed by atoms with Crippen molar-refractivity contribution in [2.24, 2.45) is 0 Å². The van der Waals surface area contributed by atoms with Gasteiger partial charge in [0.1, 0.15) is 5.82 Å². The van der Waals surface area contributed by atoms with Crippen LogP contribution in [0.2, 0.25) is 0 Å². The van der Waals surface area contributed by atoms with Crippen molar-refractivity contribution in [3.63, 3.8) is 0 Å². The molecule has 1 aliphatic heterocycles. The highest BCUT2D eigenvalue weighted by molar-refractivity contribution is 7.89. The number of nitrogens with one attached hydrogen (secondary N) is 1. The van der Waals surface area contributed by atoms with Gasteiger partial charge in [0.15, 0.2) is 0 Å². The number of carbonyl (C=O) groups excluding carboxylic acids is 1. The SMILES string of the molecule is CS(=O)(=O)n1ncc2c1CN(C(=O)c1cc(Cc3n[nH]c(=O)c4ccccc34)ccc1F)C2. The summed E-state index contributed by atoms with van der Waals surface area (Å²) in [5.74, 6) is -1.23. The van der Waals surface area contributed by atoms with Gasteiger partial charge < -0.3 is 4.90 Å². The Bertz CT molecular complexity index is 1590. The second-order valence-corrected chi connectivity index (χ2v) is 9.73. The predicted octanol–water partition coefficient (Wildman–Crippen LogP) is 1.81. The van der Waals surface area contributed by atoms with Gasteiger partial charge in [0.2, 0.25) is 0 Å². The third kappa shape index (κ3) is 3.69. The van der Waals surface area contributed by atoms with E-state index in [1.807, 2.05) is 0 Å². The van der Waals surface area contributed by atoms with Crippen LogP contribution in [0.25, 0.3) is 10.8 Å². The summed E-state index contributed by atoms with van der Waals surface area (Å²) in [6.07, 6.45) is 2.72. The first-order valence-electron chi connectivity index (χ1n) is 10.0. The molecule has 0 unspecified atom stereocenters. The molecule has 4 aromatic rings. The van der Waals surface area contributed by atoms with E-state index >= 15 is 0 Å². The monoisotopic (exact) mass is 467 g/mol. The van der Waals surface area contributed by atoms with Gasteiger partial charge in [-0.1, -0.05) is 24.3 Å². The Balaban J connectivity index is 1.44. The standard InChI is InChI=1S/C22H18FN5O4S/c1-33(31,32)28-20-12-27(11-14(20)10-24-28)22(30)17-8-13(6-7-18(17)23)9-19-15-4-2-3-5-16(15)21(29)26-25-19/h2-8,10H,9,11-12H2,1H3,(H,26,29). The molecular weight excluding hydrogens is 449 g/mol. The zero-order valence-corrected chi connectivity index (χ0v) is 18.3. The molecule has 1 amide bonds. The maximum atomic E-state index is 14.6. The molecule has 168 valence electrons. The van der Waals surface area contributed by atoms with Gasteiger partial charge in [-0.3, -0.25) is 9.59 Å². The molecule has 0 aliphatic carbocycles. The van der Waals surface area contributed by atoms with Gasteiger partial charge in [-0.15, -0.1) is 0 Å². The second kappa shape index (κ2) is 7.62. The Hall–Kier alpha value is -3.86. The van der Waals surface area contributed by atoms with Crippen LogP contribution < -0.4 is 5.56 Å². The fraction of sp³-hybridized carbons (Fsp3) is 0.182. The Morgan fingerprint density at radius 2 is 1.91 bits per heavy atom. The summed E-state index contributed by atoms with van der Waals surface area (Å²) < 4.78 is 39.3. The molecule has 1 N–H and O–H groups in total. The highest BCUT2D eigenvalue weighted by atomic mass is 32.2. The molecule has 3 heterocycles. The summed E-state index contributed by atoms with van der Waals surface area (Å²) >= 11 is 0. The van der Waals surface area contributed by atoms with Gasteiger partial charge in [-0.25, -0.2) is 17.9 Å². The molecule has 11 heteroatoms. The summed E-state index contributed by atoms with van der Waals surface area (Å²) in [7, 11) is -3.61. The molecule has 0 saturated carbocycles. The van der Waals surface area contributed by atoms with Crippen LogP contribution in [-0.2, 0) is 29.5 Å². The summed E-state index contributed by atoms with van der Waals surface area (Å²) in [5, 5.41) is 11.6. The van der Waals surface area contributed by atoms with E-state index in [-0.39, 0.29) is 30.6 Å². The summed E-state index contributed by atoms with van der Waals surface area (Å²) in [6.45, 7) is 0.149. The zero-order chi connectivity index (χ0) is 23.3. The van der Waals surface area contributed by atoms with Crippen molar-refractivity contribution in [3.8, 4) is 0 Å². The molecule has 2 aromatic heterocycles. The lowest BCUT2D eigenvalue weighted by molar-refractivity contribution is 0.0744. The number of hydrogen-bond donors (Lipinski definition) is 1. The number of amides is 1. The van der Waals surface area contributed by atoms with E-state index in [0.717, 1.165) is 10.3 Å². The average molecular weight is 467 g/mol. The number of nitrogens with zero attached hydrogens (tertiary/aromatic N) is 4. The van der Waals surface area contributed by atoms with Crippen molar-refractivity contribution in [2.75, 3.05) is 6.26 Å². The molecule has 0 radical (unpaired) electrons. The molecular formula is C22H18FN5O4S. The van der Waals surface area contributed by atoms with Crippen LogP contribution in [-0.4, -0.2) is 44.9 Å². The normalized spacial score (nSPS) is 13.5. The van der Waals surface area contributed by atoms with Crippen molar-refractivity contribution in [1.29, 1.82) is 0 Å². The molecule has 0 fully saturated rings. The molecule has 5 rings (SSSR count).